The molecule has 0 bridgehead atoms. The molecule has 0 radical (unpaired) electrons. The smallest absolute Gasteiger partial charge is 0.407 e. The first-order chi connectivity index (χ1) is 12.7. The second kappa shape index (κ2) is 8.98. The molecule has 2 aromatic rings. The molecule has 3 N–H and O–H groups in total. The molecule has 27 heavy (non-hydrogen) atoms. The van der Waals surface area contributed by atoms with Crippen molar-refractivity contribution in [2.75, 3.05) is 13.1 Å². The number of nitrogens with zero attached hydrogens (tertiary/aromatic N) is 2. The van der Waals surface area contributed by atoms with Crippen LogP contribution in [0.3, 0.4) is 0 Å². The predicted molar refractivity (Wildman–Crippen MR) is 105 cm³/mol. The Kier molecular flexibility index (Phi) is 6.95. The zero-order valence-electron chi connectivity index (χ0n) is 15.5. The molecule has 2 amide bonds. The fourth-order valence-electron chi connectivity index (χ4n) is 2.28. The van der Waals surface area contributed by atoms with Crippen LogP contribution in [0.2, 0.25) is 0 Å². The van der Waals surface area contributed by atoms with Crippen molar-refractivity contribution in [2.45, 2.75) is 39.2 Å². The lowest BCUT2D eigenvalue weighted by Gasteiger charge is -2.19. The SMILES string of the molecule is CC(C)(C)OC(=O)NCCCCNC(=O)c1nc(Br)c2cccnc2c1O. The molecule has 8 nitrogen and oxygen atoms in total. The molecule has 0 aliphatic carbocycles. The zero-order valence-corrected chi connectivity index (χ0v) is 17.1. The van der Waals surface area contributed by atoms with Gasteiger partial charge < -0.3 is 20.5 Å². The summed E-state index contributed by atoms with van der Waals surface area (Å²) >= 11 is 3.29. The van der Waals surface area contributed by atoms with Gasteiger partial charge in [0.2, 0.25) is 0 Å². The summed E-state index contributed by atoms with van der Waals surface area (Å²) in [6.45, 7) is 6.22. The van der Waals surface area contributed by atoms with Gasteiger partial charge in [0.1, 0.15) is 15.7 Å². The van der Waals surface area contributed by atoms with Gasteiger partial charge in [-0.15, -0.1) is 0 Å². The number of carbonyl (C=O) groups excluding carboxylic acids is 2. The summed E-state index contributed by atoms with van der Waals surface area (Å²) in [5, 5.41) is 16.3. The Morgan fingerprint density at radius 3 is 2.56 bits per heavy atom. The van der Waals surface area contributed by atoms with E-state index in [9.17, 15) is 14.7 Å². The molecule has 2 heterocycles. The molecule has 0 atom stereocenters. The van der Waals surface area contributed by atoms with E-state index in [1.807, 2.05) is 0 Å². The molecule has 9 heteroatoms. The van der Waals surface area contributed by atoms with Gasteiger partial charge in [-0.1, -0.05) is 0 Å². The van der Waals surface area contributed by atoms with Gasteiger partial charge >= 0.3 is 6.09 Å². The molecular weight excluding hydrogens is 416 g/mol. The van der Waals surface area contributed by atoms with Crippen LogP contribution in [-0.2, 0) is 4.74 Å². The molecule has 2 aromatic heterocycles. The Hall–Kier alpha value is -2.42. The highest BCUT2D eigenvalue weighted by molar-refractivity contribution is 9.10. The van der Waals surface area contributed by atoms with Crippen LogP contribution in [0.1, 0.15) is 44.1 Å². The van der Waals surface area contributed by atoms with Crippen LogP contribution in [0.4, 0.5) is 4.79 Å². The van der Waals surface area contributed by atoms with E-state index < -0.39 is 17.6 Å². The number of hydrogen-bond donors (Lipinski definition) is 3. The standard InChI is InChI=1S/C18H23BrN4O4/c1-18(2,3)27-17(26)22-9-5-4-8-21-16(25)13-14(24)12-11(15(19)23-13)7-6-10-20-12/h6-7,10,24H,4-5,8-9H2,1-3H3,(H,21,25)(H,22,26). The Balaban J connectivity index is 1.81. The minimum absolute atomic E-state index is 0.0834. The second-order valence-electron chi connectivity index (χ2n) is 6.89. The monoisotopic (exact) mass is 438 g/mol. The maximum absolute atomic E-state index is 12.3. The quantitative estimate of drug-likeness (QED) is 0.471. The van der Waals surface area contributed by atoms with Crippen LogP contribution in [0.25, 0.3) is 10.9 Å². The van der Waals surface area contributed by atoms with Crippen LogP contribution in [0, 0.1) is 0 Å². The molecule has 2 rings (SSSR count). The number of amides is 2. The average Bonchev–Trinajstić information content (AvgIpc) is 2.59. The highest BCUT2D eigenvalue weighted by Crippen LogP contribution is 2.30. The summed E-state index contributed by atoms with van der Waals surface area (Å²) < 4.78 is 5.57. The van der Waals surface area contributed by atoms with E-state index in [2.05, 4.69) is 36.5 Å². The van der Waals surface area contributed by atoms with E-state index in [4.69, 9.17) is 4.74 Å². The minimum atomic E-state index is -0.532. The van der Waals surface area contributed by atoms with Crippen molar-refractivity contribution >= 4 is 38.8 Å². The largest absolute Gasteiger partial charge is 0.504 e. The summed E-state index contributed by atoms with van der Waals surface area (Å²) in [7, 11) is 0. The van der Waals surface area contributed by atoms with Gasteiger partial charge in [0.15, 0.2) is 11.4 Å². The van der Waals surface area contributed by atoms with Crippen molar-refractivity contribution in [1.82, 2.24) is 20.6 Å². The van der Waals surface area contributed by atoms with E-state index in [-0.39, 0.29) is 11.4 Å². The van der Waals surface area contributed by atoms with Crippen molar-refractivity contribution in [1.29, 1.82) is 0 Å². The van der Waals surface area contributed by atoms with Crippen LogP contribution < -0.4 is 10.6 Å². The summed E-state index contributed by atoms with van der Waals surface area (Å²) in [6, 6.07) is 3.47. The van der Waals surface area contributed by atoms with E-state index in [0.29, 0.717) is 41.4 Å². The Morgan fingerprint density at radius 1 is 1.22 bits per heavy atom. The fraction of sp³-hybridized carbons (Fsp3) is 0.444. The molecule has 0 aliphatic heterocycles. The number of rotatable bonds is 6. The number of halogens is 1. The Labute approximate surface area is 165 Å². The number of pyridine rings is 2. The molecule has 0 saturated carbocycles. The molecule has 0 aliphatic rings. The van der Waals surface area contributed by atoms with Crippen LogP contribution in [-0.4, -0.2) is 45.8 Å². The Bertz CT molecular complexity index is 836. The molecular formula is C18H23BrN4O4. The maximum atomic E-state index is 12.3. The van der Waals surface area contributed by atoms with E-state index in [1.165, 1.54) is 6.20 Å². The number of ether oxygens (including phenoxy) is 1. The molecule has 0 saturated heterocycles. The van der Waals surface area contributed by atoms with E-state index in [0.717, 1.165) is 0 Å². The lowest BCUT2D eigenvalue weighted by Crippen LogP contribution is -2.33. The summed E-state index contributed by atoms with van der Waals surface area (Å²) in [6.07, 6.45) is 2.39. The number of fused-ring (bicyclic) bond motifs is 1. The first kappa shape index (κ1) is 20.9. The topological polar surface area (TPSA) is 113 Å². The predicted octanol–water partition coefficient (Wildman–Crippen LogP) is 3.13. The minimum Gasteiger partial charge on any atom is -0.504 e. The van der Waals surface area contributed by atoms with Gasteiger partial charge in [-0.3, -0.25) is 9.78 Å². The normalized spacial score (nSPS) is 11.3. The lowest BCUT2D eigenvalue weighted by atomic mass is 10.2. The first-order valence-electron chi connectivity index (χ1n) is 8.57. The van der Waals surface area contributed by atoms with Crippen LogP contribution in [0.5, 0.6) is 5.75 Å². The zero-order chi connectivity index (χ0) is 20.0. The number of aromatic nitrogens is 2. The van der Waals surface area contributed by atoms with Crippen molar-refractivity contribution in [2.24, 2.45) is 0 Å². The summed E-state index contributed by atoms with van der Waals surface area (Å²) in [4.78, 5) is 32.0. The second-order valence-corrected chi connectivity index (χ2v) is 7.64. The number of hydrogen-bond acceptors (Lipinski definition) is 6. The van der Waals surface area contributed by atoms with Gasteiger partial charge in [0, 0.05) is 24.7 Å². The van der Waals surface area contributed by atoms with Gasteiger partial charge in [-0.25, -0.2) is 9.78 Å². The third kappa shape index (κ3) is 6.06. The third-order valence-corrected chi connectivity index (χ3v) is 4.07. The highest BCUT2D eigenvalue weighted by atomic mass is 79.9. The van der Waals surface area contributed by atoms with Gasteiger partial charge in [0.25, 0.3) is 5.91 Å². The molecule has 0 fully saturated rings. The first-order valence-corrected chi connectivity index (χ1v) is 9.36. The van der Waals surface area contributed by atoms with Gasteiger partial charge in [-0.2, -0.15) is 0 Å². The number of aromatic hydroxyl groups is 1. The third-order valence-electron chi connectivity index (χ3n) is 3.46. The van der Waals surface area contributed by atoms with E-state index in [1.54, 1.807) is 32.9 Å². The number of unbranched alkanes of at least 4 members (excludes halogenated alkanes) is 1. The molecule has 0 aromatic carbocycles. The van der Waals surface area contributed by atoms with Crippen molar-refractivity contribution in [3.05, 3.63) is 28.6 Å². The highest BCUT2D eigenvalue weighted by Gasteiger charge is 2.19. The number of carbonyl (C=O) groups is 2. The van der Waals surface area contributed by atoms with Crippen molar-refractivity contribution in [3.63, 3.8) is 0 Å². The lowest BCUT2D eigenvalue weighted by molar-refractivity contribution is 0.0526. The maximum Gasteiger partial charge on any atom is 0.407 e. The summed E-state index contributed by atoms with van der Waals surface area (Å²) in [5.74, 6) is -0.737. The number of alkyl carbamates (subject to hydrolysis) is 1. The van der Waals surface area contributed by atoms with Crippen molar-refractivity contribution in [3.8, 4) is 5.75 Å². The molecule has 0 unspecified atom stereocenters. The van der Waals surface area contributed by atoms with Crippen LogP contribution >= 0.6 is 15.9 Å². The fourth-order valence-corrected chi connectivity index (χ4v) is 2.78. The van der Waals surface area contributed by atoms with Gasteiger partial charge in [0.05, 0.1) is 0 Å². The van der Waals surface area contributed by atoms with Crippen molar-refractivity contribution < 1.29 is 19.4 Å². The average molecular weight is 439 g/mol. The summed E-state index contributed by atoms with van der Waals surface area (Å²) in [5.41, 5.74) is -0.304. The van der Waals surface area contributed by atoms with Crippen LogP contribution in [0.15, 0.2) is 22.9 Å². The molecule has 0 spiro atoms. The Morgan fingerprint density at radius 2 is 1.89 bits per heavy atom. The number of nitrogens with one attached hydrogen (secondary N) is 2. The van der Waals surface area contributed by atoms with Gasteiger partial charge in [-0.05, 0) is 61.7 Å². The van der Waals surface area contributed by atoms with E-state index >= 15 is 0 Å². The molecule has 146 valence electrons.